The van der Waals surface area contributed by atoms with Gasteiger partial charge >= 0.3 is 0 Å². The van der Waals surface area contributed by atoms with Gasteiger partial charge in [-0.15, -0.1) is 0 Å². The standard InChI is InChI=1S/C17H18ClN5O3S/c1-21-11-13(8-19-21)27(25,26)20-9-17(24)22-5-6-23-12(10-22)7-14-15(18)3-2-4-16(14)23/h2-4,7-8,11,20H,5-6,9-10H2,1H3. The zero-order valence-electron chi connectivity index (χ0n) is 14.6. The summed E-state index contributed by atoms with van der Waals surface area (Å²) in [5, 5.41) is 5.48. The number of amides is 1. The van der Waals surface area contributed by atoms with Crippen LogP contribution in [0.3, 0.4) is 0 Å². The molecule has 10 heteroatoms. The van der Waals surface area contributed by atoms with Crippen LogP contribution >= 0.6 is 11.6 Å². The normalized spacial score (nSPS) is 14.5. The fourth-order valence-corrected chi connectivity index (χ4v) is 4.48. The molecule has 1 aliphatic rings. The first-order valence-electron chi connectivity index (χ1n) is 8.38. The van der Waals surface area contributed by atoms with Gasteiger partial charge in [-0.2, -0.15) is 5.10 Å². The second kappa shape index (κ2) is 6.66. The summed E-state index contributed by atoms with van der Waals surface area (Å²) in [5.41, 5.74) is 2.02. The first-order chi connectivity index (χ1) is 12.8. The summed E-state index contributed by atoms with van der Waals surface area (Å²) in [6, 6.07) is 7.73. The number of hydrogen-bond donors (Lipinski definition) is 1. The van der Waals surface area contributed by atoms with E-state index < -0.39 is 10.0 Å². The van der Waals surface area contributed by atoms with Crippen LogP contribution in [0.15, 0.2) is 41.6 Å². The average Bonchev–Trinajstić information content (AvgIpc) is 3.24. The molecule has 0 aliphatic carbocycles. The number of halogens is 1. The number of hydrogen-bond acceptors (Lipinski definition) is 4. The first kappa shape index (κ1) is 18.0. The predicted molar refractivity (Wildman–Crippen MR) is 101 cm³/mol. The maximum Gasteiger partial charge on any atom is 0.244 e. The van der Waals surface area contributed by atoms with Crippen molar-refractivity contribution in [1.29, 1.82) is 0 Å². The number of aryl methyl sites for hydroxylation is 1. The third-order valence-electron chi connectivity index (χ3n) is 4.68. The summed E-state index contributed by atoms with van der Waals surface area (Å²) in [6.45, 7) is 1.27. The van der Waals surface area contributed by atoms with Gasteiger partial charge < -0.3 is 9.47 Å². The van der Waals surface area contributed by atoms with Gasteiger partial charge in [0.25, 0.3) is 0 Å². The molecule has 0 saturated heterocycles. The van der Waals surface area contributed by atoms with E-state index in [1.807, 2.05) is 24.3 Å². The van der Waals surface area contributed by atoms with Gasteiger partial charge in [0, 0.05) is 48.0 Å². The fraction of sp³-hybridized carbons (Fsp3) is 0.294. The Morgan fingerprint density at radius 2 is 2.15 bits per heavy atom. The van der Waals surface area contributed by atoms with Gasteiger partial charge in [0.2, 0.25) is 15.9 Å². The molecule has 0 saturated carbocycles. The van der Waals surface area contributed by atoms with E-state index in [2.05, 4.69) is 14.4 Å². The summed E-state index contributed by atoms with van der Waals surface area (Å²) >= 11 is 6.26. The number of nitrogens with one attached hydrogen (secondary N) is 1. The Kier molecular flexibility index (Phi) is 4.45. The van der Waals surface area contributed by atoms with Gasteiger partial charge in [-0.3, -0.25) is 9.48 Å². The molecule has 0 unspecified atom stereocenters. The zero-order chi connectivity index (χ0) is 19.2. The fourth-order valence-electron chi connectivity index (χ4n) is 3.30. The van der Waals surface area contributed by atoms with Crippen LogP contribution in [0, 0.1) is 0 Å². The zero-order valence-corrected chi connectivity index (χ0v) is 16.2. The molecule has 0 spiro atoms. The Balaban J connectivity index is 1.47. The Labute approximate surface area is 161 Å². The van der Waals surface area contributed by atoms with Crippen LogP contribution in [-0.2, 0) is 35.0 Å². The highest BCUT2D eigenvalue weighted by atomic mass is 35.5. The summed E-state index contributed by atoms with van der Waals surface area (Å²) in [4.78, 5) is 14.2. The lowest BCUT2D eigenvalue weighted by Gasteiger charge is -2.29. The molecular weight excluding hydrogens is 390 g/mol. The smallest absolute Gasteiger partial charge is 0.244 e. The number of rotatable bonds is 4. The van der Waals surface area contributed by atoms with Crippen LogP contribution in [0.1, 0.15) is 5.69 Å². The van der Waals surface area contributed by atoms with Crippen molar-refractivity contribution in [2.75, 3.05) is 13.1 Å². The number of carbonyl (C=O) groups is 1. The molecule has 2 aromatic heterocycles. The van der Waals surface area contributed by atoms with E-state index in [-0.39, 0.29) is 17.3 Å². The van der Waals surface area contributed by atoms with E-state index in [0.29, 0.717) is 24.7 Å². The van der Waals surface area contributed by atoms with E-state index >= 15 is 0 Å². The van der Waals surface area contributed by atoms with Crippen molar-refractivity contribution in [3.8, 4) is 0 Å². The lowest BCUT2D eigenvalue weighted by molar-refractivity contribution is -0.131. The highest BCUT2D eigenvalue weighted by molar-refractivity contribution is 7.89. The van der Waals surface area contributed by atoms with Crippen molar-refractivity contribution in [3.05, 3.63) is 47.4 Å². The van der Waals surface area contributed by atoms with Crippen molar-refractivity contribution in [1.82, 2.24) is 24.0 Å². The van der Waals surface area contributed by atoms with E-state index in [0.717, 1.165) is 16.6 Å². The number of carbonyl (C=O) groups excluding carboxylic acids is 1. The van der Waals surface area contributed by atoms with Gasteiger partial charge in [-0.05, 0) is 18.2 Å². The molecule has 142 valence electrons. The van der Waals surface area contributed by atoms with Crippen molar-refractivity contribution in [3.63, 3.8) is 0 Å². The Hall–Kier alpha value is -2.36. The van der Waals surface area contributed by atoms with Crippen molar-refractivity contribution in [2.24, 2.45) is 7.05 Å². The lowest BCUT2D eigenvalue weighted by atomic mass is 10.2. The molecule has 1 aromatic carbocycles. The van der Waals surface area contributed by atoms with E-state index in [1.165, 1.54) is 17.1 Å². The molecule has 0 bridgehead atoms. The van der Waals surface area contributed by atoms with Crippen LogP contribution in [0.25, 0.3) is 10.9 Å². The van der Waals surface area contributed by atoms with Gasteiger partial charge in [0.15, 0.2) is 0 Å². The number of benzene rings is 1. The topological polar surface area (TPSA) is 89.2 Å². The van der Waals surface area contributed by atoms with Crippen LogP contribution in [-0.4, -0.2) is 46.7 Å². The second-order valence-electron chi connectivity index (χ2n) is 6.45. The van der Waals surface area contributed by atoms with E-state index in [4.69, 9.17) is 11.6 Å². The minimum atomic E-state index is -3.76. The Bertz CT molecular complexity index is 1130. The van der Waals surface area contributed by atoms with Crippen LogP contribution in [0.4, 0.5) is 0 Å². The third kappa shape index (κ3) is 3.33. The quantitative estimate of drug-likeness (QED) is 0.707. The maximum atomic E-state index is 12.5. The van der Waals surface area contributed by atoms with Gasteiger partial charge in [0.1, 0.15) is 4.90 Å². The third-order valence-corrected chi connectivity index (χ3v) is 6.37. The molecule has 1 aliphatic heterocycles. The van der Waals surface area contributed by atoms with Gasteiger partial charge in [0.05, 0.1) is 19.3 Å². The van der Waals surface area contributed by atoms with E-state index in [1.54, 1.807) is 11.9 Å². The largest absolute Gasteiger partial charge is 0.341 e. The summed E-state index contributed by atoms with van der Waals surface area (Å²) in [6.07, 6.45) is 2.63. The molecule has 0 atom stereocenters. The summed E-state index contributed by atoms with van der Waals surface area (Å²) in [5.74, 6) is -0.273. The second-order valence-corrected chi connectivity index (χ2v) is 8.62. The Morgan fingerprint density at radius 1 is 1.33 bits per heavy atom. The first-order valence-corrected chi connectivity index (χ1v) is 10.2. The van der Waals surface area contributed by atoms with Crippen LogP contribution in [0.2, 0.25) is 5.02 Å². The molecule has 3 aromatic rings. The van der Waals surface area contributed by atoms with Crippen molar-refractivity contribution < 1.29 is 13.2 Å². The molecule has 1 amide bonds. The molecule has 1 N–H and O–H groups in total. The van der Waals surface area contributed by atoms with Gasteiger partial charge in [-0.25, -0.2) is 13.1 Å². The SMILES string of the molecule is Cn1cc(S(=O)(=O)NCC(=O)N2CCn3c(cc4c(Cl)cccc43)C2)cn1. The van der Waals surface area contributed by atoms with Crippen molar-refractivity contribution >= 4 is 38.4 Å². The molecule has 3 heterocycles. The van der Waals surface area contributed by atoms with Crippen LogP contribution in [0.5, 0.6) is 0 Å². The lowest BCUT2D eigenvalue weighted by Crippen LogP contribution is -2.43. The number of nitrogens with zero attached hydrogens (tertiary/aromatic N) is 4. The highest BCUT2D eigenvalue weighted by Crippen LogP contribution is 2.29. The average molecular weight is 408 g/mol. The monoisotopic (exact) mass is 407 g/mol. The molecule has 4 rings (SSSR count). The highest BCUT2D eigenvalue weighted by Gasteiger charge is 2.24. The Morgan fingerprint density at radius 3 is 2.89 bits per heavy atom. The summed E-state index contributed by atoms with van der Waals surface area (Å²) < 4.78 is 30.3. The number of sulfonamides is 1. The minimum Gasteiger partial charge on any atom is -0.341 e. The van der Waals surface area contributed by atoms with E-state index in [9.17, 15) is 13.2 Å². The molecule has 0 radical (unpaired) electrons. The summed E-state index contributed by atoms with van der Waals surface area (Å²) in [7, 11) is -2.14. The molecule has 8 nitrogen and oxygen atoms in total. The molecule has 0 fully saturated rings. The number of aromatic nitrogens is 3. The maximum absolute atomic E-state index is 12.5. The van der Waals surface area contributed by atoms with Gasteiger partial charge in [-0.1, -0.05) is 17.7 Å². The molecule has 27 heavy (non-hydrogen) atoms. The minimum absolute atomic E-state index is 0.0335. The predicted octanol–water partition coefficient (Wildman–Crippen LogP) is 1.35. The van der Waals surface area contributed by atoms with Crippen molar-refractivity contribution in [2.45, 2.75) is 18.0 Å². The van der Waals surface area contributed by atoms with Crippen LogP contribution < -0.4 is 4.72 Å². The number of fused-ring (bicyclic) bond motifs is 3. The molecular formula is C17H18ClN5O3S.